The lowest BCUT2D eigenvalue weighted by Gasteiger charge is -2.35. The third-order valence-electron chi connectivity index (χ3n) is 4.73. The van der Waals surface area contributed by atoms with Crippen LogP contribution in [0.25, 0.3) is 0 Å². The minimum absolute atomic E-state index is 0.0568. The van der Waals surface area contributed by atoms with Gasteiger partial charge in [-0.1, -0.05) is 46.0 Å². The van der Waals surface area contributed by atoms with Gasteiger partial charge in [-0.2, -0.15) is 0 Å². The van der Waals surface area contributed by atoms with E-state index in [1.807, 2.05) is 25.7 Å². The summed E-state index contributed by atoms with van der Waals surface area (Å²) in [5.74, 6) is 0.272. The summed E-state index contributed by atoms with van der Waals surface area (Å²) in [4.78, 5) is 26.9. The van der Waals surface area contributed by atoms with Gasteiger partial charge in [0, 0.05) is 24.4 Å². The molecule has 1 aliphatic rings. The highest BCUT2D eigenvalue weighted by Gasteiger charge is 2.33. The van der Waals surface area contributed by atoms with Crippen LogP contribution in [-0.4, -0.2) is 40.0 Å². The van der Waals surface area contributed by atoms with E-state index in [0.29, 0.717) is 17.6 Å². The van der Waals surface area contributed by atoms with Crippen LogP contribution in [0, 0.1) is 11.3 Å². The number of rotatable bonds is 5. The van der Waals surface area contributed by atoms with E-state index in [1.165, 1.54) is 11.3 Å². The Balaban J connectivity index is 1.97. The van der Waals surface area contributed by atoms with Gasteiger partial charge in [0.05, 0.1) is 5.92 Å². The molecule has 0 spiro atoms. The van der Waals surface area contributed by atoms with E-state index in [4.69, 9.17) is 0 Å². The molecule has 1 N–H and O–H groups in total. The lowest BCUT2D eigenvalue weighted by atomic mass is 9.91. The minimum Gasteiger partial charge on any atom is -0.341 e. The molecule has 1 aromatic heterocycles. The Hall–Kier alpha value is -1.50. The van der Waals surface area contributed by atoms with Crippen molar-refractivity contribution in [2.75, 3.05) is 18.4 Å². The van der Waals surface area contributed by atoms with Crippen molar-refractivity contribution in [3.8, 4) is 0 Å². The van der Waals surface area contributed by atoms with Gasteiger partial charge in [0.1, 0.15) is 5.01 Å². The van der Waals surface area contributed by atoms with Crippen molar-refractivity contribution in [2.24, 2.45) is 11.3 Å². The molecule has 0 saturated carbocycles. The molecule has 0 aliphatic carbocycles. The first-order valence-corrected chi connectivity index (χ1v) is 10.0. The van der Waals surface area contributed by atoms with E-state index < -0.39 is 5.41 Å². The highest BCUT2D eigenvalue weighted by atomic mass is 32.1. The van der Waals surface area contributed by atoms with Gasteiger partial charge in [-0.15, -0.1) is 10.2 Å². The molecule has 0 radical (unpaired) electrons. The molecule has 2 amide bonds. The van der Waals surface area contributed by atoms with Crippen molar-refractivity contribution in [2.45, 2.75) is 66.2 Å². The quantitative estimate of drug-likeness (QED) is 0.863. The van der Waals surface area contributed by atoms with E-state index in [9.17, 15) is 9.59 Å². The third-order valence-corrected chi connectivity index (χ3v) is 5.73. The zero-order valence-electron chi connectivity index (χ0n) is 16.0. The molecular formula is C18H30N4O2S. The first kappa shape index (κ1) is 19.8. The van der Waals surface area contributed by atoms with Crippen molar-refractivity contribution >= 4 is 28.3 Å². The zero-order valence-corrected chi connectivity index (χ0v) is 16.8. The van der Waals surface area contributed by atoms with Gasteiger partial charge in [0.25, 0.3) is 0 Å². The number of carbonyl (C=O) groups is 2. The van der Waals surface area contributed by atoms with Crippen molar-refractivity contribution in [3.05, 3.63) is 5.01 Å². The second-order valence-electron chi connectivity index (χ2n) is 7.79. The smallest absolute Gasteiger partial charge is 0.231 e. The van der Waals surface area contributed by atoms with Crippen molar-refractivity contribution in [3.63, 3.8) is 0 Å². The molecule has 1 aromatic rings. The molecule has 0 bridgehead atoms. The van der Waals surface area contributed by atoms with Crippen LogP contribution in [0.1, 0.15) is 71.2 Å². The monoisotopic (exact) mass is 366 g/mol. The minimum atomic E-state index is -0.415. The molecule has 1 saturated heterocycles. The first-order chi connectivity index (χ1) is 11.8. The molecule has 140 valence electrons. The maximum Gasteiger partial charge on any atom is 0.231 e. The van der Waals surface area contributed by atoms with Crippen LogP contribution >= 0.6 is 11.3 Å². The van der Waals surface area contributed by atoms with Crippen molar-refractivity contribution in [1.82, 2.24) is 15.1 Å². The summed E-state index contributed by atoms with van der Waals surface area (Å²) < 4.78 is 0. The summed E-state index contributed by atoms with van der Waals surface area (Å²) in [6, 6.07) is 0. The van der Waals surface area contributed by atoms with Crippen LogP contribution < -0.4 is 5.32 Å². The predicted molar refractivity (Wildman–Crippen MR) is 101 cm³/mol. The molecule has 6 nitrogen and oxygen atoms in total. The van der Waals surface area contributed by atoms with Gasteiger partial charge in [-0.05, 0) is 25.7 Å². The van der Waals surface area contributed by atoms with Crippen LogP contribution in [0.4, 0.5) is 5.13 Å². The molecular weight excluding hydrogens is 336 g/mol. The number of hydrogen-bond acceptors (Lipinski definition) is 5. The fourth-order valence-electron chi connectivity index (χ4n) is 3.15. The normalized spacial score (nSPS) is 18.5. The number of likely N-dealkylation sites (tertiary alicyclic amines) is 1. The Morgan fingerprint density at radius 1 is 1.28 bits per heavy atom. The molecule has 2 rings (SSSR count). The second kappa shape index (κ2) is 8.25. The lowest BCUT2D eigenvalue weighted by molar-refractivity contribution is -0.142. The van der Waals surface area contributed by atoms with Crippen LogP contribution in [0.3, 0.4) is 0 Å². The van der Waals surface area contributed by atoms with E-state index >= 15 is 0 Å². The fourth-order valence-corrected chi connectivity index (χ4v) is 4.16. The maximum atomic E-state index is 12.6. The molecule has 0 aromatic carbocycles. The Bertz CT molecular complexity index is 604. The summed E-state index contributed by atoms with van der Waals surface area (Å²) in [5.41, 5.74) is -0.415. The summed E-state index contributed by atoms with van der Waals surface area (Å²) in [7, 11) is 0. The average Bonchev–Trinajstić information content (AvgIpc) is 3.03. The molecule has 25 heavy (non-hydrogen) atoms. The van der Waals surface area contributed by atoms with E-state index in [-0.39, 0.29) is 17.7 Å². The SMILES string of the molecule is CCC(CC)c1nnc(NC(=O)C2CCCN(C(=O)C(C)(C)C)C2)s1. The van der Waals surface area contributed by atoms with E-state index in [2.05, 4.69) is 29.4 Å². The maximum absolute atomic E-state index is 12.6. The van der Waals surface area contributed by atoms with Crippen LogP contribution in [0.5, 0.6) is 0 Å². The number of amides is 2. The largest absolute Gasteiger partial charge is 0.341 e. The second-order valence-corrected chi connectivity index (χ2v) is 8.80. The fraction of sp³-hybridized carbons (Fsp3) is 0.778. The standard InChI is InChI=1S/C18H30N4O2S/c1-6-12(7-2)15-20-21-17(25-15)19-14(23)13-9-8-10-22(11-13)16(24)18(3,4)5/h12-13H,6-11H2,1-5H3,(H,19,21,23). The number of aromatic nitrogens is 2. The molecule has 1 unspecified atom stereocenters. The Morgan fingerprint density at radius 2 is 1.96 bits per heavy atom. The average molecular weight is 367 g/mol. The summed E-state index contributed by atoms with van der Waals surface area (Å²) in [6.45, 7) is 11.2. The summed E-state index contributed by atoms with van der Waals surface area (Å²) >= 11 is 1.46. The van der Waals surface area contributed by atoms with Crippen LogP contribution in [0.15, 0.2) is 0 Å². The topological polar surface area (TPSA) is 75.2 Å². The highest BCUT2D eigenvalue weighted by Crippen LogP contribution is 2.29. The molecule has 1 fully saturated rings. The molecule has 7 heteroatoms. The Morgan fingerprint density at radius 3 is 2.56 bits per heavy atom. The van der Waals surface area contributed by atoms with Crippen molar-refractivity contribution < 1.29 is 9.59 Å². The lowest BCUT2D eigenvalue weighted by Crippen LogP contribution is -2.47. The van der Waals surface area contributed by atoms with Gasteiger partial charge in [-0.25, -0.2) is 0 Å². The number of carbonyl (C=O) groups excluding carboxylic acids is 2. The number of hydrogen-bond donors (Lipinski definition) is 1. The van der Waals surface area contributed by atoms with E-state index in [1.54, 1.807) is 0 Å². The Labute approximate surface area is 154 Å². The molecule has 1 atom stereocenters. The predicted octanol–water partition coefficient (Wildman–Crippen LogP) is 3.66. The highest BCUT2D eigenvalue weighted by molar-refractivity contribution is 7.15. The van der Waals surface area contributed by atoms with Crippen LogP contribution in [0.2, 0.25) is 0 Å². The number of nitrogens with zero attached hydrogens (tertiary/aromatic N) is 3. The third kappa shape index (κ3) is 5.00. The van der Waals surface area contributed by atoms with Gasteiger partial charge in [-0.3, -0.25) is 9.59 Å². The summed E-state index contributed by atoms with van der Waals surface area (Å²) in [5, 5.41) is 12.8. The van der Waals surface area contributed by atoms with E-state index in [0.717, 1.165) is 37.2 Å². The van der Waals surface area contributed by atoms with Gasteiger partial charge in [0.15, 0.2) is 0 Å². The number of piperidine rings is 1. The molecule has 1 aliphatic heterocycles. The number of nitrogens with one attached hydrogen (secondary N) is 1. The molecule has 2 heterocycles. The van der Waals surface area contributed by atoms with Gasteiger partial charge >= 0.3 is 0 Å². The summed E-state index contributed by atoms with van der Waals surface area (Å²) in [6.07, 6.45) is 3.70. The van der Waals surface area contributed by atoms with Gasteiger partial charge < -0.3 is 10.2 Å². The van der Waals surface area contributed by atoms with Crippen LogP contribution in [-0.2, 0) is 9.59 Å². The van der Waals surface area contributed by atoms with Gasteiger partial charge in [0.2, 0.25) is 16.9 Å². The van der Waals surface area contributed by atoms with Crippen molar-refractivity contribution in [1.29, 1.82) is 0 Å². The zero-order chi connectivity index (χ0) is 18.6. The first-order valence-electron chi connectivity index (χ1n) is 9.19. The Kier molecular flexibility index (Phi) is 6.54. The number of anilines is 1.